The fourth-order valence-electron chi connectivity index (χ4n) is 4.32. The first kappa shape index (κ1) is 22.6. The van der Waals surface area contributed by atoms with E-state index in [2.05, 4.69) is 10.1 Å². The van der Waals surface area contributed by atoms with Crippen LogP contribution >= 0.6 is 11.6 Å². The Balaban J connectivity index is 1.18. The second-order valence-corrected chi connectivity index (χ2v) is 8.67. The van der Waals surface area contributed by atoms with Gasteiger partial charge >= 0.3 is 0 Å². The lowest BCUT2D eigenvalue weighted by Crippen LogP contribution is -2.33. The summed E-state index contributed by atoms with van der Waals surface area (Å²) in [6.07, 6.45) is 5.49. The lowest BCUT2D eigenvalue weighted by Gasteiger charge is -2.30. The van der Waals surface area contributed by atoms with E-state index in [9.17, 15) is 4.79 Å². The van der Waals surface area contributed by atoms with E-state index in [0.717, 1.165) is 79.6 Å². The van der Waals surface area contributed by atoms with E-state index >= 15 is 0 Å². The number of hydrogen-bond donors (Lipinski definition) is 0. The third kappa shape index (κ3) is 5.43. The average molecular weight is 457 g/mol. The van der Waals surface area contributed by atoms with Crippen LogP contribution in [0.4, 0.5) is 0 Å². The number of aldehydes is 1. The minimum absolute atomic E-state index is 0.383. The number of hydrogen-bond acceptors (Lipinski definition) is 6. The van der Waals surface area contributed by atoms with E-state index in [-0.39, 0.29) is 0 Å². The molecule has 0 spiro atoms. The Morgan fingerprint density at radius 2 is 2.00 bits per heavy atom. The summed E-state index contributed by atoms with van der Waals surface area (Å²) in [6, 6.07) is 11.4. The maximum Gasteiger partial charge on any atom is 0.161 e. The van der Waals surface area contributed by atoms with Gasteiger partial charge in [-0.3, -0.25) is 0 Å². The van der Waals surface area contributed by atoms with E-state index < -0.39 is 0 Å². The summed E-state index contributed by atoms with van der Waals surface area (Å²) in [5.74, 6) is 2.81. The molecule has 0 bridgehead atoms. The van der Waals surface area contributed by atoms with Crippen molar-refractivity contribution in [1.29, 1.82) is 0 Å². The number of aromatic nitrogens is 1. The van der Waals surface area contributed by atoms with Crippen molar-refractivity contribution >= 4 is 28.8 Å². The number of halogens is 1. The van der Waals surface area contributed by atoms with Gasteiger partial charge in [-0.25, -0.2) is 0 Å². The summed E-state index contributed by atoms with van der Waals surface area (Å²) in [5, 5.41) is 5.95. The third-order valence-corrected chi connectivity index (χ3v) is 6.33. The molecule has 3 aromatic rings. The van der Waals surface area contributed by atoms with Crippen molar-refractivity contribution in [1.82, 2.24) is 10.1 Å². The van der Waals surface area contributed by atoms with Crippen LogP contribution in [0.5, 0.6) is 11.5 Å². The lowest BCUT2D eigenvalue weighted by molar-refractivity contribution is -0.107. The molecular weight excluding hydrogens is 428 g/mol. The van der Waals surface area contributed by atoms with Gasteiger partial charge in [-0.05, 0) is 81.2 Å². The number of methoxy groups -OCH3 is 1. The van der Waals surface area contributed by atoms with Crippen molar-refractivity contribution in [3.05, 3.63) is 52.7 Å². The third-order valence-electron chi connectivity index (χ3n) is 6.10. The zero-order valence-electron chi connectivity index (χ0n) is 18.4. The van der Waals surface area contributed by atoms with Crippen molar-refractivity contribution in [2.24, 2.45) is 0 Å². The van der Waals surface area contributed by atoms with E-state index in [1.807, 2.05) is 36.4 Å². The van der Waals surface area contributed by atoms with Gasteiger partial charge in [0.1, 0.15) is 17.6 Å². The number of carbonyl (C=O) groups excluding carboxylic acids is 1. The van der Waals surface area contributed by atoms with Crippen LogP contribution in [0.2, 0.25) is 5.02 Å². The molecule has 1 aliphatic rings. The summed E-state index contributed by atoms with van der Waals surface area (Å²) in [4.78, 5) is 13.2. The van der Waals surface area contributed by atoms with Gasteiger partial charge in [-0.15, -0.1) is 0 Å². The smallest absolute Gasteiger partial charge is 0.161 e. The molecule has 7 heteroatoms. The molecule has 2 aromatic carbocycles. The first-order valence-electron chi connectivity index (χ1n) is 11.2. The van der Waals surface area contributed by atoms with Crippen LogP contribution in [-0.2, 0) is 11.2 Å². The Bertz CT molecular complexity index is 1040. The van der Waals surface area contributed by atoms with Gasteiger partial charge in [0.05, 0.1) is 13.7 Å². The maximum atomic E-state index is 10.7. The summed E-state index contributed by atoms with van der Waals surface area (Å²) in [5.41, 5.74) is 1.76. The maximum absolute atomic E-state index is 10.7. The number of ether oxygens (including phenoxy) is 2. The van der Waals surface area contributed by atoms with E-state index in [1.54, 1.807) is 7.11 Å². The molecule has 0 unspecified atom stereocenters. The molecule has 0 N–H and O–H groups in total. The number of rotatable bonds is 10. The Morgan fingerprint density at radius 3 is 2.78 bits per heavy atom. The number of fused-ring (bicyclic) bond motifs is 1. The van der Waals surface area contributed by atoms with Crippen molar-refractivity contribution in [2.75, 3.05) is 33.4 Å². The van der Waals surface area contributed by atoms with Gasteiger partial charge in [0.25, 0.3) is 0 Å². The van der Waals surface area contributed by atoms with Gasteiger partial charge in [-0.2, -0.15) is 0 Å². The molecule has 0 atom stereocenters. The highest BCUT2D eigenvalue weighted by molar-refractivity contribution is 6.31. The molecular formula is C25H29ClN2O4. The van der Waals surface area contributed by atoms with Gasteiger partial charge in [0.2, 0.25) is 0 Å². The number of nitrogens with zero attached hydrogens (tertiary/aromatic N) is 2. The lowest BCUT2D eigenvalue weighted by atomic mass is 9.92. The molecule has 1 fully saturated rings. The van der Waals surface area contributed by atoms with Crippen LogP contribution in [0, 0.1) is 0 Å². The summed E-state index contributed by atoms with van der Waals surface area (Å²) >= 11 is 6.06. The Kier molecular flexibility index (Phi) is 7.66. The van der Waals surface area contributed by atoms with E-state index in [0.29, 0.717) is 29.7 Å². The largest absolute Gasteiger partial charge is 0.493 e. The first-order chi connectivity index (χ1) is 15.7. The van der Waals surface area contributed by atoms with Gasteiger partial charge < -0.3 is 23.7 Å². The summed E-state index contributed by atoms with van der Waals surface area (Å²) < 4.78 is 17.0. The molecule has 32 heavy (non-hydrogen) atoms. The second-order valence-electron chi connectivity index (χ2n) is 8.24. The fourth-order valence-corrected chi connectivity index (χ4v) is 4.49. The number of piperidine rings is 1. The molecule has 0 amide bonds. The predicted octanol–water partition coefficient (Wildman–Crippen LogP) is 5.27. The normalized spacial score (nSPS) is 15.2. The number of carbonyl (C=O) groups is 1. The topological polar surface area (TPSA) is 64.8 Å². The minimum Gasteiger partial charge on any atom is -0.493 e. The van der Waals surface area contributed by atoms with Crippen LogP contribution in [0.1, 0.15) is 42.9 Å². The van der Waals surface area contributed by atoms with Gasteiger partial charge in [-0.1, -0.05) is 22.8 Å². The molecule has 1 saturated heterocycles. The van der Waals surface area contributed by atoms with Crippen molar-refractivity contribution in [3.63, 3.8) is 0 Å². The van der Waals surface area contributed by atoms with Crippen LogP contribution in [-0.4, -0.2) is 49.7 Å². The number of unbranched alkanes of at least 4 members (excludes halogenated alkanes) is 1. The summed E-state index contributed by atoms with van der Waals surface area (Å²) in [6.45, 7) is 3.84. The highest BCUT2D eigenvalue weighted by Gasteiger charge is 2.25. The molecule has 0 saturated carbocycles. The van der Waals surface area contributed by atoms with E-state index in [1.165, 1.54) is 0 Å². The Labute approximate surface area is 193 Å². The quantitative estimate of drug-likeness (QED) is 0.306. The molecule has 6 nitrogen and oxygen atoms in total. The summed E-state index contributed by atoms with van der Waals surface area (Å²) in [7, 11) is 1.62. The molecule has 0 radical (unpaired) electrons. The van der Waals surface area contributed by atoms with Crippen LogP contribution in [0.15, 0.2) is 40.9 Å². The number of benzene rings is 2. The Hall–Kier alpha value is -2.57. The highest BCUT2D eigenvalue weighted by Crippen LogP contribution is 2.34. The zero-order chi connectivity index (χ0) is 22.3. The molecule has 1 aliphatic heterocycles. The minimum atomic E-state index is 0.383. The second kappa shape index (κ2) is 10.8. The van der Waals surface area contributed by atoms with Crippen molar-refractivity contribution in [3.8, 4) is 11.5 Å². The zero-order valence-corrected chi connectivity index (χ0v) is 19.1. The number of likely N-dealkylation sites (tertiary alicyclic amines) is 1. The molecule has 0 aliphatic carbocycles. The fraction of sp³-hybridized carbons (Fsp3) is 0.440. The monoisotopic (exact) mass is 456 g/mol. The van der Waals surface area contributed by atoms with Gasteiger partial charge in [0, 0.05) is 22.7 Å². The van der Waals surface area contributed by atoms with Gasteiger partial charge in [0.15, 0.2) is 11.5 Å². The van der Waals surface area contributed by atoms with Crippen molar-refractivity contribution < 1.29 is 18.8 Å². The molecule has 2 heterocycles. The predicted molar refractivity (Wildman–Crippen MR) is 125 cm³/mol. The van der Waals surface area contributed by atoms with Crippen LogP contribution < -0.4 is 9.47 Å². The Morgan fingerprint density at radius 1 is 1.16 bits per heavy atom. The highest BCUT2D eigenvalue weighted by atomic mass is 35.5. The SMILES string of the molecule is COc1cc(CC=O)ccc1OCCCCN1CCC(c2onc3cc(Cl)ccc23)CC1. The average Bonchev–Trinajstić information content (AvgIpc) is 3.23. The molecule has 170 valence electrons. The van der Waals surface area contributed by atoms with Crippen LogP contribution in [0.25, 0.3) is 10.9 Å². The standard InChI is InChI=1S/C25H29ClN2O4/c1-30-24-16-18(10-14-29)4-7-23(24)31-15-3-2-11-28-12-8-19(9-13-28)25-21-6-5-20(26)17-22(21)27-32-25/h4-7,14,16-17,19H,2-3,8-13,15H2,1H3. The first-order valence-corrected chi connectivity index (χ1v) is 11.6. The van der Waals surface area contributed by atoms with Crippen molar-refractivity contribution in [2.45, 2.75) is 38.0 Å². The van der Waals surface area contributed by atoms with Crippen LogP contribution in [0.3, 0.4) is 0 Å². The van der Waals surface area contributed by atoms with E-state index in [4.69, 9.17) is 25.6 Å². The molecule has 1 aromatic heterocycles. The molecule has 4 rings (SSSR count).